The van der Waals surface area contributed by atoms with Crippen molar-refractivity contribution in [3.63, 3.8) is 0 Å². The lowest BCUT2D eigenvalue weighted by Crippen LogP contribution is -3.00. The van der Waals surface area contributed by atoms with E-state index in [1.807, 2.05) is 29.0 Å². The molecule has 2 aromatic heterocycles. The standard InChI is InChI=1S/C29H32NO7S2.BrH/c1-3-34-25(31)15-35-21-6-4-5-18(11-21)14-30(2)23-12-22(13-24(30)27-26(23)37-27)36-28(32)29(33,19-7-9-38-16-19)20-8-10-39-17-20;/h4-11,16-17,22-24,26-27,33H,3,12-15H2,1-2H3;1H/q+1;/p-1/t22-,23-,24+,26-,27+,30-;. The van der Waals surface area contributed by atoms with Crippen molar-refractivity contribution >= 4 is 34.6 Å². The van der Waals surface area contributed by atoms with Gasteiger partial charge in [0.2, 0.25) is 5.60 Å². The summed E-state index contributed by atoms with van der Waals surface area (Å²) in [6.07, 6.45) is 1.35. The van der Waals surface area contributed by atoms with Gasteiger partial charge < -0.3 is 45.5 Å². The maximum Gasteiger partial charge on any atom is 0.348 e. The maximum absolute atomic E-state index is 13.6. The number of rotatable bonds is 10. The van der Waals surface area contributed by atoms with Gasteiger partial charge in [-0.05, 0) is 52.7 Å². The molecule has 40 heavy (non-hydrogen) atoms. The number of thiophene rings is 2. The van der Waals surface area contributed by atoms with Crippen molar-refractivity contribution in [2.24, 2.45) is 0 Å². The summed E-state index contributed by atoms with van der Waals surface area (Å²) in [5.41, 5.74) is 0.353. The van der Waals surface area contributed by atoms with Crippen LogP contribution in [-0.4, -0.2) is 72.2 Å². The molecule has 0 spiro atoms. The summed E-state index contributed by atoms with van der Waals surface area (Å²) in [5, 5.41) is 18.9. The third kappa shape index (κ3) is 5.23. The fourth-order valence-electron chi connectivity index (χ4n) is 6.44. The Morgan fingerprint density at radius 1 is 1.07 bits per heavy atom. The molecule has 0 radical (unpaired) electrons. The SMILES string of the molecule is CCOC(=O)COc1cccc(C[N@+]2(C)[C@@H]3C[C@@H](OC(=O)C(O)(c4ccsc4)c4ccsc4)C[C@H]2[C@@H]2O[C@@H]23)c1.[Br-]. The Morgan fingerprint density at radius 3 is 2.30 bits per heavy atom. The lowest BCUT2D eigenvalue weighted by Gasteiger charge is -2.48. The highest BCUT2D eigenvalue weighted by molar-refractivity contribution is 7.08. The minimum atomic E-state index is -1.82. The maximum atomic E-state index is 13.6. The molecule has 5 heterocycles. The molecule has 214 valence electrons. The summed E-state index contributed by atoms with van der Waals surface area (Å²) >= 11 is 2.87. The van der Waals surface area contributed by atoms with Crippen molar-refractivity contribution < 1.29 is 55.1 Å². The van der Waals surface area contributed by atoms with E-state index in [0.29, 0.717) is 36.3 Å². The van der Waals surface area contributed by atoms with Gasteiger partial charge in [-0.3, -0.25) is 0 Å². The van der Waals surface area contributed by atoms with E-state index in [1.54, 1.807) is 29.8 Å². The molecule has 6 rings (SSSR count). The van der Waals surface area contributed by atoms with E-state index in [0.717, 1.165) is 16.6 Å². The first-order valence-corrected chi connectivity index (χ1v) is 15.1. The van der Waals surface area contributed by atoms with Gasteiger partial charge >= 0.3 is 11.9 Å². The number of carbonyl (C=O) groups excluding carboxylic acids is 2. The fraction of sp³-hybridized carbons (Fsp3) is 0.448. The second-order valence-electron chi connectivity index (χ2n) is 10.7. The molecule has 1 N–H and O–H groups in total. The third-order valence-electron chi connectivity index (χ3n) is 8.37. The molecule has 8 nitrogen and oxygen atoms in total. The zero-order valence-electron chi connectivity index (χ0n) is 22.2. The number of carbonyl (C=O) groups is 2. The van der Waals surface area contributed by atoms with Crippen molar-refractivity contribution in [1.29, 1.82) is 0 Å². The number of hydrogen-bond acceptors (Lipinski definition) is 9. The van der Waals surface area contributed by atoms with Crippen molar-refractivity contribution in [3.8, 4) is 5.75 Å². The Balaban J connectivity index is 0.00000323. The van der Waals surface area contributed by atoms with Crippen LogP contribution in [0.3, 0.4) is 0 Å². The normalized spacial score (nSPS) is 28.2. The lowest BCUT2D eigenvalue weighted by molar-refractivity contribution is -0.968. The van der Waals surface area contributed by atoms with E-state index in [-0.39, 0.29) is 54.0 Å². The molecule has 3 fully saturated rings. The number of quaternary nitrogens is 1. The zero-order chi connectivity index (χ0) is 27.2. The summed E-state index contributed by atoms with van der Waals surface area (Å²) in [5.74, 6) is -0.384. The first kappa shape index (κ1) is 29.2. The number of epoxide rings is 1. The van der Waals surface area contributed by atoms with Gasteiger partial charge in [0.1, 0.15) is 42.7 Å². The number of ether oxygens (including phenoxy) is 4. The molecule has 0 unspecified atom stereocenters. The highest BCUT2D eigenvalue weighted by Crippen LogP contribution is 2.53. The molecule has 2 bridgehead atoms. The van der Waals surface area contributed by atoms with Gasteiger partial charge in [-0.1, -0.05) is 12.1 Å². The summed E-state index contributed by atoms with van der Waals surface area (Å²) in [6.45, 7) is 2.74. The Bertz CT molecular complexity index is 1280. The third-order valence-corrected chi connectivity index (χ3v) is 9.74. The molecule has 3 aliphatic heterocycles. The van der Waals surface area contributed by atoms with Gasteiger partial charge in [0.05, 0.1) is 13.7 Å². The van der Waals surface area contributed by atoms with E-state index in [1.165, 1.54) is 22.7 Å². The Labute approximate surface area is 251 Å². The first-order valence-electron chi connectivity index (χ1n) is 13.2. The lowest BCUT2D eigenvalue weighted by atomic mass is 9.89. The van der Waals surface area contributed by atoms with E-state index in [4.69, 9.17) is 18.9 Å². The van der Waals surface area contributed by atoms with E-state index >= 15 is 0 Å². The number of halogens is 1. The van der Waals surface area contributed by atoms with Crippen molar-refractivity contribution in [2.45, 2.75) is 62.3 Å². The van der Waals surface area contributed by atoms with E-state index < -0.39 is 17.5 Å². The van der Waals surface area contributed by atoms with E-state index in [9.17, 15) is 14.7 Å². The summed E-state index contributed by atoms with van der Waals surface area (Å²) in [6, 6.07) is 11.7. The van der Waals surface area contributed by atoms with Crippen LogP contribution in [0.4, 0.5) is 0 Å². The smallest absolute Gasteiger partial charge is 0.348 e. The van der Waals surface area contributed by atoms with Gasteiger partial charge in [-0.2, -0.15) is 22.7 Å². The van der Waals surface area contributed by atoms with Crippen LogP contribution in [0.15, 0.2) is 57.9 Å². The van der Waals surface area contributed by atoms with Crippen LogP contribution in [0.5, 0.6) is 5.75 Å². The van der Waals surface area contributed by atoms with Crippen LogP contribution < -0.4 is 21.7 Å². The van der Waals surface area contributed by atoms with Crippen LogP contribution >= 0.6 is 22.7 Å². The van der Waals surface area contributed by atoms with Crippen LogP contribution in [0.25, 0.3) is 0 Å². The van der Waals surface area contributed by atoms with Gasteiger partial charge in [-0.15, -0.1) is 0 Å². The second kappa shape index (κ2) is 11.5. The van der Waals surface area contributed by atoms with Gasteiger partial charge in [-0.25, -0.2) is 9.59 Å². The molecule has 0 aliphatic carbocycles. The number of morpholine rings is 1. The molecule has 3 aliphatic rings. The number of aliphatic hydroxyl groups is 1. The number of hydrogen-bond donors (Lipinski definition) is 1. The van der Waals surface area contributed by atoms with Gasteiger partial charge in [0, 0.05) is 29.5 Å². The number of piperidine rings is 1. The number of likely N-dealkylation sites (N-methyl/N-ethyl adjacent to an activating group) is 1. The zero-order valence-corrected chi connectivity index (χ0v) is 25.5. The van der Waals surface area contributed by atoms with E-state index in [2.05, 4.69) is 13.1 Å². The number of fused-ring (bicyclic) bond motifs is 5. The van der Waals surface area contributed by atoms with Gasteiger partial charge in [0.25, 0.3) is 0 Å². The molecule has 3 saturated heterocycles. The Morgan fingerprint density at radius 2 is 1.73 bits per heavy atom. The van der Waals surface area contributed by atoms with Crippen LogP contribution in [-0.2, 0) is 35.9 Å². The molecular weight excluding hydrogens is 618 g/mol. The molecule has 3 aromatic rings. The highest BCUT2D eigenvalue weighted by atomic mass is 79.9. The minimum Gasteiger partial charge on any atom is -1.00 e. The average molecular weight is 651 g/mol. The predicted octanol–water partition coefficient (Wildman–Crippen LogP) is 0.862. The molecule has 6 atom stereocenters. The van der Waals surface area contributed by atoms with Crippen molar-refractivity contribution in [3.05, 3.63) is 74.6 Å². The predicted molar refractivity (Wildman–Crippen MR) is 145 cm³/mol. The fourth-order valence-corrected chi connectivity index (χ4v) is 7.84. The monoisotopic (exact) mass is 649 g/mol. The molecule has 0 amide bonds. The largest absolute Gasteiger partial charge is 1.00 e. The average Bonchev–Trinajstić information content (AvgIpc) is 3.25. The minimum absolute atomic E-state index is 0. The van der Waals surface area contributed by atoms with Crippen molar-refractivity contribution in [1.82, 2.24) is 0 Å². The summed E-state index contributed by atoms with van der Waals surface area (Å²) in [7, 11) is 2.25. The topological polar surface area (TPSA) is 94.6 Å². The molecule has 1 aromatic carbocycles. The summed E-state index contributed by atoms with van der Waals surface area (Å²) < 4.78 is 23.5. The van der Waals surface area contributed by atoms with Gasteiger partial charge in [0.15, 0.2) is 6.61 Å². The second-order valence-corrected chi connectivity index (χ2v) is 12.2. The number of benzene rings is 1. The van der Waals surface area contributed by atoms with Crippen LogP contribution in [0.2, 0.25) is 0 Å². The van der Waals surface area contributed by atoms with Crippen molar-refractivity contribution in [2.75, 3.05) is 20.3 Å². The van der Waals surface area contributed by atoms with Crippen LogP contribution in [0, 0.1) is 0 Å². The highest BCUT2D eigenvalue weighted by Gasteiger charge is 2.72. The number of nitrogens with zero attached hydrogens (tertiary/aromatic N) is 1. The molecule has 0 saturated carbocycles. The van der Waals surface area contributed by atoms with Crippen LogP contribution in [0.1, 0.15) is 36.5 Å². The Kier molecular flexibility index (Phi) is 8.43. The molecular formula is C29H32BrNO7S2. The first-order chi connectivity index (χ1) is 18.8. The molecule has 11 heteroatoms. The summed E-state index contributed by atoms with van der Waals surface area (Å²) in [4.78, 5) is 25.2. The quantitative estimate of drug-likeness (QED) is 0.198. The number of esters is 2. The Hall–Kier alpha value is -2.28.